The third kappa shape index (κ3) is 6.71. The minimum atomic E-state index is -4.50. The molecule has 8 heteroatoms. The van der Waals surface area contributed by atoms with Gasteiger partial charge in [0, 0.05) is 23.2 Å². The van der Waals surface area contributed by atoms with Crippen LogP contribution in [0.4, 0.5) is 24.0 Å². The van der Waals surface area contributed by atoms with Crippen LogP contribution in [0.1, 0.15) is 37.3 Å². The molecule has 0 saturated heterocycles. The number of halogens is 3. The topological polar surface area (TPSA) is 37.4 Å². The molecule has 0 aliphatic heterocycles. The summed E-state index contributed by atoms with van der Waals surface area (Å²) in [7, 11) is 4.03. The standard InChI is InChI=1S/C24H28F3N3OS/c1-4-5-6-13-31-22-12-11-19(14-20(22)24(25,26)27)28-23-29-21(16-32-23)18-9-7-17(8-10-18)15-30(2)3/h7-12,14,16H,4-6,13,15H2,1-3H3,(H,28,29). The molecule has 0 aliphatic carbocycles. The Balaban J connectivity index is 1.72. The number of ether oxygens (including phenoxy) is 1. The highest BCUT2D eigenvalue weighted by Gasteiger charge is 2.34. The molecule has 0 radical (unpaired) electrons. The first kappa shape index (κ1) is 24.1. The number of benzene rings is 2. The largest absolute Gasteiger partial charge is 0.493 e. The molecule has 3 rings (SSSR count). The molecule has 1 N–H and O–H groups in total. The quantitative estimate of drug-likeness (QED) is 0.323. The molecule has 0 unspecified atom stereocenters. The van der Waals surface area contributed by atoms with Crippen LogP contribution >= 0.6 is 11.3 Å². The fraction of sp³-hybridized carbons (Fsp3) is 0.375. The van der Waals surface area contributed by atoms with Crippen LogP contribution in [-0.2, 0) is 12.7 Å². The zero-order valence-corrected chi connectivity index (χ0v) is 19.3. The number of hydrogen-bond donors (Lipinski definition) is 1. The Bertz CT molecular complexity index is 1000. The summed E-state index contributed by atoms with van der Waals surface area (Å²) in [4.78, 5) is 6.63. The minimum absolute atomic E-state index is 0.142. The number of thiazole rings is 1. The molecule has 1 heterocycles. The molecule has 1 aromatic heterocycles. The van der Waals surface area contributed by atoms with E-state index in [9.17, 15) is 13.2 Å². The van der Waals surface area contributed by atoms with Crippen LogP contribution in [0, 0.1) is 0 Å². The Morgan fingerprint density at radius 2 is 1.81 bits per heavy atom. The molecule has 172 valence electrons. The van der Waals surface area contributed by atoms with Crippen molar-refractivity contribution in [2.45, 2.75) is 38.9 Å². The summed E-state index contributed by atoms with van der Waals surface area (Å²) in [5.74, 6) is -0.142. The Labute approximate surface area is 191 Å². The zero-order valence-electron chi connectivity index (χ0n) is 18.5. The Hall–Kier alpha value is -2.58. The number of unbranched alkanes of at least 4 members (excludes halogenated alkanes) is 2. The zero-order chi connectivity index (χ0) is 23.1. The predicted molar refractivity (Wildman–Crippen MR) is 125 cm³/mol. The summed E-state index contributed by atoms with van der Waals surface area (Å²) in [6.07, 6.45) is -1.87. The lowest BCUT2D eigenvalue weighted by Gasteiger charge is -2.15. The first-order valence-corrected chi connectivity index (χ1v) is 11.4. The van der Waals surface area contributed by atoms with Crippen molar-refractivity contribution in [1.82, 2.24) is 9.88 Å². The van der Waals surface area contributed by atoms with Gasteiger partial charge in [-0.15, -0.1) is 11.3 Å². The van der Waals surface area contributed by atoms with E-state index in [0.717, 1.165) is 43.1 Å². The van der Waals surface area contributed by atoms with Gasteiger partial charge in [0.2, 0.25) is 0 Å². The van der Waals surface area contributed by atoms with Crippen LogP contribution in [0.15, 0.2) is 47.8 Å². The van der Waals surface area contributed by atoms with Crippen molar-refractivity contribution >= 4 is 22.2 Å². The molecule has 0 saturated carbocycles. The van der Waals surface area contributed by atoms with Crippen LogP contribution in [0.5, 0.6) is 5.75 Å². The van der Waals surface area contributed by atoms with Gasteiger partial charge in [-0.2, -0.15) is 13.2 Å². The van der Waals surface area contributed by atoms with Crippen molar-refractivity contribution in [1.29, 1.82) is 0 Å². The van der Waals surface area contributed by atoms with E-state index < -0.39 is 11.7 Å². The van der Waals surface area contributed by atoms with Crippen molar-refractivity contribution in [3.05, 3.63) is 59.0 Å². The second-order valence-electron chi connectivity index (χ2n) is 7.86. The van der Waals surface area contributed by atoms with Crippen molar-refractivity contribution in [2.75, 3.05) is 26.0 Å². The maximum atomic E-state index is 13.6. The van der Waals surface area contributed by atoms with Crippen LogP contribution in [0.2, 0.25) is 0 Å². The summed E-state index contributed by atoms with van der Waals surface area (Å²) in [6, 6.07) is 12.1. The number of aromatic nitrogens is 1. The molecule has 0 atom stereocenters. The van der Waals surface area contributed by atoms with E-state index >= 15 is 0 Å². The number of nitrogens with one attached hydrogen (secondary N) is 1. The summed E-state index contributed by atoms with van der Waals surface area (Å²) >= 11 is 1.35. The van der Waals surface area contributed by atoms with Crippen LogP contribution < -0.4 is 10.1 Å². The van der Waals surface area contributed by atoms with Crippen molar-refractivity contribution in [3.8, 4) is 17.0 Å². The fourth-order valence-electron chi connectivity index (χ4n) is 3.22. The Kier molecular flexibility index (Phi) is 8.15. The van der Waals surface area contributed by atoms with Gasteiger partial charge >= 0.3 is 6.18 Å². The van der Waals surface area contributed by atoms with Gasteiger partial charge in [-0.25, -0.2) is 4.98 Å². The van der Waals surface area contributed by atoms with E-state index in [0.29, 0.717) is 10.8 Å². The smallest absolute Gasteiger partial charge is 0.420 e. The normalized spacial score (nSPS) is 11.7. The van der Waals surface area contributed by atoms with E-state index in [4.69, 9.17) is 4.74 Å². The first-order valence-electron chi connectivity index (χ1n) is 10.6. The molecule has 3 aromatic rings. The molecule has 2 aromatic carbocycles. The van der Waals surface area contributed by atoms with E-state index in [1.807, 2.05) is 38.5 Å². The van der Waals surface area contributed by atoms with Gasteiger partial charge in [-0.3, -0.25) is 0 Å². The molecule has 0 amide bonds. The number of anilines is 2. The summed E-state index contributed by atoms with van der Waals surface area (Å²) in [6.45, 7) is 3.16. The van der Waals surface area contributed by atoms with Crippen molar-refractivity contribution in [2.24, 2.45) is 0 Å². The maximum Gasteiger partial charge on any atom is 0.420 e. The highest BCUT2D eigenvalue weighted by molar-refractivity contribution is 7.14. The fourth-order valence-corrected chi connectivity index (χ4v) is 3.96. The average Bonchev–Trinajstić information content (AvgIpc) is 3.20. The number of hydrogen-bond acceptors (Lipinski definition) is 5. The molecular formula is C24H28F3N3OS. The second-order valence-corrected chi connectivity index (χ2v) is 8.72. The first-order chi connectivity index (χ1) is 15.3. The van der Waals surface area contributed by atoms with E-state index in [-0.39, 0.29) is 12.4 Å². The summed E-state index contributed by atoms with van der Waals surface area (Å²) in [5, 5.41) is 5.41. The third-order valence-corrected chi connectivity index (χ3v) is 5.55. The molecular weight excluding hydrogens is 435 g/mol. The summed E-state index contributed by atoms with van der Waals surface area (Å²) in [5.41, 5.74) is 2.47. The average molecular weight is 464 g/mol. The molecule has 0 aliphatic rings. The van der Waals surface area contributed by atoms with Gasteiger partial charge < -0.3 is 15.0 Å². The van der Waals surface area contributed by atoms with Gasteiger partial charge in [-0.1, -0.05) is 44.0 Å². The number of rotatable bonds is 10. The van der Waals surface area contributed by atoms with E-state index in [2.05, 4.69) is 27.3 Å². The monoisotopic (exact) mass is 463 g/mol. The van der Waals surface area contributed by atoms with Crippen LogP contribution in [-0.4, -0.2) is 30.6 Å². The van der Waals surface area contributed by atoms with Crippen molar-refractivity contribution in [3.63, 3.8) is 0 Å². The second kappa shape index (κ2) is 10.8. The highest BCUT2D eigenvalue weighted by atomic mass is 32.1. The molecule has 32 heavy (non-hydrogen) atoms. The Morgan fingerprint density at radius 3 is 2.47 bits per heavy atom. The maximum absolute atomic E-state index is 13.6. The van der Waals surface area contributed by atoms with Gasteiger partial charge in [0.25, 0.3) is 0 Å². The summed E-state index contributed by atoms with van der Waals surface area (Å²) < 4.78 is 46.1. The molecule has 0 bridgehead atoms. The van der Waals surface area contributed by atoms with Gasteiger partial charge in [-0.05, 0) is 44.3 Å². The van der Waals surface area contributed by atoms with Gasteiger partial charge in [0.15, 0.2) is 5.13 Å². The van der Waals surface area contributed by atoms with Crippen LogP contribution in [0.25, 0.3) is 11.3 Å². The molecule has 4 nitrogen and oxygen atoms in total. The SMILES string of the molecule is CCCCCOc1ccc(Nc2nc(-c3ccc(CN(C)C)cc3)cs2)cc1C(F)(F)F. The minimum Gasteiger partial charge on any atom is -0.493 e. The highest BCUT2D eigenvalue weighted by Crippen LogP contribution is 2.39. The molecule has 0 fully saturated rings. The lowest BCUT2D eigenvalue weighted by molar-refractivity contribution is -0.138. The predicted octanol–water partition coefficient (Wildman–Crippen LogP) is 7.20. The van der Waals surface area contributed by atoms with Crippen molar-refractivity contribution < 1.29 is 17.9 Å². The van der Waals surface area contributed by atoms with E-state index in [1.165, 1.54) is 23.0 Å². The van der Waals surface area contributed by atoms with Crippen LogP contribution in [0.3, 0.4) is 0 Å². The lowest BCUT2D eigenvalue weighted by atomic mass is 10.1. The Morgan fingerprint density at radius 1 is 1.06 bits per heavy atom. The number of alkyl halides is 3. The van der Waals surface area contributed by atoms with E-state index in [1.54, 1.807) is 6.07 Å². The van der Waals surface area contributed by atoms with Gasteiger partial charge in [0.05, 0.1) is 17.9 Å². The number of nitrogens with zero attached hydrogens (tertiary/aromatic N) is 2. The van der Waals surface area contributed by atoms with Gasteiger partial charge in [0.1, 0.15) is 5.75 Å². The molecule has 0 spiro atoms. The lowest BCUT2D eigenvalue weighted by Crippen LogP contribution is -2.10. The third-order valence-electron chi connectivity index (χ3n) is 4.79.